The Morgan fingerprint density at radius 2 is 2.14 bits per heavy atom. The average molecular weight is 401 g/mol. The quantitative estimate of drug-likeness (QED) is 0.530. The van der Waals surface area contributed by atoms with Gasteiger partial charge < -0.3 is 15.0 Å². The van der Waals surface area contributed by atoms with Crippen LogP contribution in [-0.2, 0) is 16.7 Å². The summed E-state index contributed by atoms with van der Waals surface area (Å²) in [5.41, 5.74) is 4.09. The number of hydrogen-bond acceptors (Lipinski definition) is 4. The molecule has 1 fully saturated rings. The number of hydrogen-bond donors (Lipinski definition) is 1. The van der Waals surface area contributed by atoms with Gasteiger partial charge in [0.05, 0.1) is 18.8 Å². The fourth-order valence-corrected chi connectivity index (χ4v) is 4.37. The zero-order chi connectivity index (χ0) is 20.1. The van der Waals surface area contributed by atoms with Crippen molar-refractivity contribution in [1.29, 1.82) is 0 Å². The minimum atomic E-state index is 0.0368. The van der Waals surface area contributed by atoms with Gasteiger partial charge in [0.25, 0.3) is 0 Å². The van der Waals surface area contributed by atoms with Crippen molar-refractivity contribution in [3.8, 4) is 0 Å². The van der Waals surface area contributed by atoms with E-state index in [4.69, 9.17) is 14.7 Å². The molecule has 2 aromatic rings. The highest BCUT2D eigenvalue weighted by Crippen LogP contribution is 2.49. The topological polar surface area (TPSA) is 49.8 Å². The van der Waals surface area contributed by atoms with Crippen LogP contribution in [0.3, 0.4) is 0 Å². The van der Waals surface area contributed by atoms with Crippen molar-refractivity contribution in [2.24, 2.45) is 4.99 Å². The van der Waals surface area contributed by atoms with Crippen LogP contribution in [0, 0.1) is 6.92 Å². The fourth-order valence-electron chi connectivity index (χ4n) is 3.53. The molecule has 0 radical (unpaired) electrons. The van der Waals surface area contributed by atoms with Gasteiger partial charge in [-0.3, -0.25) is 4.99 Å². The molecule has 28 heavy (non-hydrogen) atoms. The van der Waals surface area contributed by atoms with E-state index >= 15 is 0 Å². The van der Waals surface area contributed by atoms with Gasteiger partial charge in [-0.25, -0.2) is 4.98 Å². The van der Waals surface area contributed by atoms with Crippen molar-refractivity contribution in [2.45, 2.75) is 51.7 Å². The summed E-state index contributed by atoms with van der Waals surface area (Å²) in [4.78, 5) is 11.9. The molecule has 1 N–H and O–H groups in total. The Labute approximate surface area is 172 Å². The first-order chi connectivity index (χ1) is 13.5. The molecule has 0 bridgehead atoms. The van der Waals surface area contributed by atoms with Gasteiger partial charge in [0.1, 0.15) is 11.1 Å². The third-order valence-electron chi connectivity index (χ3n) is 5.47. The number of nitrogens with one attached hydrogen (secondary N) is 1. The average Bonchev–Trinajstić information content (AvgIpc) is 3.34. The van der Waals surface area contributed by atoms with Crippen molar-refractivity contribution in [3.05, 3.63) is 51.5 Å². The van der Waals surface area contributed by atoms with E-state index in [1.54, 1.807) is 18.4 Å². The summed E-state index contributed by atoms with van der Waals surface area (Å²) in [5, 5.41) is 6.57. The molecule has 6 heteroatoms. The molecule has 1 unspecified atom stereocenters. The maximum absolute atomic E-state index is 5.37. The zero-order valence-corrected chi connectivity index (χ0v) is 18.5. The molecule has 1 aliphatic carbocycles. The molecule has 0 aliphatic heterocycles. The summed E-state index contributed by atoms with van der Waals surface area (Å²) in [6.07, 6.45) is 2.47. The van der Waals surface area contributed by atoms with E-state index in [0.717, 1.165) is 36.3 Å². The Bertz CT molecular complexity index is 812. The molecule has 1 saturated carbocycles. The Hall–Kier alpha value is -1.92. The Kier molecular flexibility index (Phi) is 6.73. The lowest BCUT2D eigenvalue weighted by atomic mass is 9.92. The van der Waals surface area contributed by atoms with E-state index < -0.39 is 0 Å². The molecule has 0 saturated heterocycles. The van der Waals surface area contributed by atoms with Crippen LogP contribution in [0.4, 0.5) is 0 Å². The number of thiazole rings is 1. The summed E-state index contributed by atoms with van der Waals surface area (Å²) in [7, 11) is 3.80. The second-order valence-electron chi connectivity index (χ2n) is 7.68. The van der Waals surface area contributed by atoms with Crippen molar-refractivity contribution < 1.29 is 4.74 Å². The van der Waals surface area contributed by atoms with Crippen LogP contribution in [0.5, 0.6) is 0 Å². The van der Waals surface area contributed by atoms with Crippen LogP contribution in [0.2, 0.25) is 0 Å². The van der Waals surface area contributed by atoms with E-state index in [0.29, 0.717) is 0 Å². The van der Waals surface area contributed by atoms with Gasteiger partial charge in [-0.15, -0.1) is 11.3 Å². The number of aryl methyl sites for hydroxylation is 1. The molecule has 1 atom stereocenters. The lowest BCUT2D eigenvalue weighted by molar-refractivity contribution is 0.119. The maximum atomic E-state index is 5.37. The van der Waals surface area contributed by atoms with Crippen LogP contribution >= 0.6 is 11.3 Å². The second kappa shape index (κ2) is 9.05. The molecular formula is C22H32N4OS. The smallest absolute Gasteiger partial charge is 0.194 e. The number of rotatable bonds is 8. The normalized spacial score (nSPS) is 16.7. The first-order valence-electron chi connectivity index (χ1n) is 10.0. The zero-order valence-electron chi connectivity index (χ0n) is 17.7. The Morgan fingerprint density at radius 1 is 1.39 bits per heavy atom. The molecule has 0 spiro atoms. The second-order valence-corrected chi connectivity index (χ2v) is 8.57. The molecule has 152 valence electrons. The maximum Gasteiger partial charge on any atom is 0.194 e. The minimum Gasteiger partial charge on any atom is -0.375 e. The minimum absolute atomic E-state index is 0.0368. The number of aromatic nitrogens is 1. The monoisotopic (exact) mass is 400 g/mol. The van der Waals surface area contributed by atoms with E-state index in [-0.39, 0.29) is 11.5 Å². The third-order valence-corrected chi connectivity index (χ3v) is 6.52. The first-order valence-corrected chi connectivity index (χ1v) is 10.9. The molecule has 0 amide bonds. The summed E-state index contributed by atoms with van der Waals surface area (Å²) in [6, 6.07) is 8.73. The van der Waals surface area contributed by atoms with Crippen LogP contribution in [0.15, 0.2) is 34.6 Å². The van der Waals surface area contributed by atoms with E-state index in [2.05, 4.69) is 60.8 Å². The Balaban J connectivity index is 1.70. The molecule has 1 heterocycles. The number of nitrogens with zero attached hydrogens (tertiary/aromatic N) is 3. The lowest BCUT2D eigenvalue weighted by Gasteiger charge is -2.23. The van der Waals surface area contributed by atoms with Gasteiger partial charge in [-0.1, -0.05) is 24.3 Å². The van der Waals surface area contributed by atoms with Crippen molar-refractivity contribution in [3.63, 3.8) is 0 Å². The highest BCUT2D eigenvalue weighted by atomic mass is 32.1. The third kappa shape index (κ3) is 4.73. The highest BCUT2D eigenvalue weighted by Gasteiger charge is 2.45. The lowest BCUT2D eigenvalue weighted by Crippen LogP contribution is -2.39. The van der Waals surface area contributed by atoms with Crippen molar-refractivity contribution in [1.82, 2.24) is 15.2 Å². The van der Waals surface area contributed by atoms with Crippen LogP contribution in [0.25, 0.3) is 0 Å². The molecular weight excluding hydrogens is 368 g/mol. The number of guanidine groups is 1. The predicted octanol–water partition coefficient (Wildman–Crippen LogP) is 4.29. The number of aliphatic imine (C=N–C) groups is 1. The summed E-state index contributed by atoms with van der Waals surface area (Å²) < 4.78 is 5.37. The summed E-state index contributed by atoms with van der Waals surface area (Å²) >= 11 is 1.65. The number of methoxy groups -OCH3 is 1. The van der Waals surface area contributed by atoms with Crippen LogP contribution in [-0.4, -0.2) is 43.1 Å². The molecule has 1 aliphatic rings. The van der Waals surface area contributed by atoms with Gasteiger partial charge >= 0.3 is 0 Å². The van der Waals surface area contributed by atoms with Gasteiger partial charge in [-0.2, -0.15) is 0 Å². The van der Waals surface area contributed by atoms with Crippen LogP contribution in [0.1, 0.15) is 54.6 Å². The van der Waals surface area contributed by atoms with Crippen LogP contribution < -0.4 is 5.32 Å². The highest BCUT2D eigenvalue weighted by molar-refractivity contribution is 7.09. The number of ether oxygens (including phenoxy) is 1. The van der Waals surface area contributed by atoms with Crippen molar-refractivity contribution in [2.75, 3.05) is 27.2 Å². The predicted molar refractivity (Wildman–Crippen MR) is 117 cm³/mol. The van der Waals surface area contributed by atoms with E-state index in [9.17, 15) is 0 Å². The first kappa shape index (κ1) is 20.8. The SMILES string of the molecule is CCNC(=NCC1(c2ccccc2C)CC1)N(C)Cc1csc(C(C)OC)n1. The molecule has 3 rings (SSSR count). The largest absolute Gasteiger partial charge is 0.375 e. The number of benzene rings is 1. The standard InChI is InChI=1S/C22H32N4OS/c1-6-23-21(26(4)13-18-14-28-20(25-18)17(3)27-5)24-15-22(11-12-22)19-10-8-7-9-16(19)2/h7-10,14,17H,6,11-13,15H2,1-5H3,(H,23,24). The Morgan fingerprint density at radius 3 is 2.79 bits per heavy atom. The van der Waals surface area contributed by atoms with Gasteiger partial charge in [0.15, 0.2) is 5.96 Å². The summed E-state index contributed by atoms with van der Waals surface area (Å²) in [5.74, 6) is 0.941. The van der Waals surface area contributed by atoms with Gasteiger partial charge in [0, 0.05) is 31.5 Å². The van der Waals surface area contributed by atoms with Gasteiger partial charge in [0.2, 0.25) is 0 Å². The summed E-state index contributed by atoms with van der Waals surface area (Å²) in [6.45, 7) is 8.75. The van der Waals surface area contributed by atoms with E-state index in [1.807, 2.05) is 6.92 Å². The van der Waals surface area contributed by atoms with E-state index in [1.165, 1.54) is 24.0 Å². The fraction of sp³-hybridized carbons (Fsp3) is 0.545. The molecule has 1 aromatic heterocycles. The van der Waals surface area contributed by atoms with Gasteiger partial charge in [-0.05, 0) is 44.7 Å². The molecule has 1 aromatic carbocycles. The molecule has 5 nitrogen and oxygen atoms in total. The van der Waals surface area contributed by atoms with Crippen molar-refractivity contribution >= 4 is 17.3 Å².